The van der Waals surface area contributed by atoms with Gasteiger partial charge < -0.3 is 25.2 Å². The van der Waals surface area contributed by atoms with E-state index in [4.69, 9.17) is 9.47 Å². The summed E-state index contributed by atoms with van der Waals surface area (Å²) in [5.74, 6) is -3.50. The normalized spacial score (nSPS) is 19.6. The van der Waals surface area contributed by atoms with Crippen molar-refractivity contribution in [1.82, 2.24) is 10.6 Å². The number of ether oxygens (including phenoxy) is 2. The Morgan fingerprint density at radius 2 is 1.42 bits per heavy atom. The molecular formula is C36H40N2O7. The SMILES string of the molecule is O=C(C[C@H]1CC=CC[C@H](Cc2ccccc2)C(=O)OC[C@H](C(=O)OCc2ccccc2)NC1=O)N[C@@H](CO)Cc1ccccc1. The average Bonchev–Trinajstić information content (AvgIpc) is 3.06. The number of carbonyl (C=O) groups is 4. The zero-order valence-electron chi connectivity index (χ0n) is 25.2. The molecule has 45 heavy (non-hydrogen) atoms. The summed E-state index contributed by atoms with van der Waals surface area (Å²) in [4.78, 5) is 52.8. The minimum atomic E-state index is -1.26. The van der Waals surface area contributed by atoms with Crippen LogP contribution in [-0.4, -0.2) is 54.2 Å². The molecule has 0 bridgehead atoms. The number of aliphatic hydroxyl groups is 1. The highest BCUT2D eigenvalue weighted by atomic mass is 16.6. The Bertz CT molecular complexity index is 1410. The van der Waals surface area contributed by atoms with Gasteiger partial charge in [0.1, 0.15) is 13.2 Å². The second-order valence-electron chi connectivity index (χ2n) is 11.2. The molecule has 3 aromatic carbocycles. The molecule has 0 spiro atoms. The molecule has 3 aromatic rings. The number of esters is 2. The number of benzene rings is 3. The molecule has 3 N–H and O–H groups in total. The van der Waals surface area contributed by atoms with E-state index in [1.165, 1.54) is 0 Å². The van der Waals surface area contributed by atoms with Gasteiger partial charge in [-0.15, -0.1) is 0 Å². The van der Waals surface area contributed by atoms with E-state index in [0.717, 1.165) is 16.7 Å². The molecule has 0 fully saturated rings. The highest BCUT2D eigenvalue weighted by molar-refractivity contribution is 5.89. The largest absolute Gasteiger partial charge is 0.463 e. The molecule has 0 radical (unpaired) electrons. The summed E-state index contributed by atoms with van der Waals surface area (Å²) in [6.45, 7) is -0.689. The van der Waals surface area contributed by atoms with Crippen LogP contribution in [0.25, 0.3) is 0 Å². The van der Waals surface area contributed by atoms with Crippen molar-refractivity contribution in [3.63, 3.8) is 0 Å². The molecule has 9 nitrogen and oxygen atoms in total. The number of cyclic esters (lactones) is 1. The van der Waals surface area contributed by atoms with Crippen LogP contribution in [0.3, 0.4) is 0 Å². The van der Waals surface area contributed by atoms with Crippen LogP contribution in [-0.2, 0) is 48.1 Å². The van der Waals surface area contributed by atoms with Crippen molar-refractivity contribution in [3.05, 3.63) is 120 Å². The molecule has 0 saturated heterocycles. The average molecular weight is 613 g/mol. The smallest absolute Gasteiger partial charge is 0.332 e. The Hall–Kier alpha value is -4.76. The Balaban J connectivity index is 1.48. The third-order valence-corrected chi connectivity index (χ3v) is 7.60. The molecule has 9 heteroatoms. The summed E-state index contributed by atoms with van der Waals surface area (Å²) in [6.07, 6.45) is 4.88. The van der Waals surface area contributed by atoms with Gasteiger partial charge in [-0.3, -0.25) is 14.4 Å². The van der Waals surface area contributed by atoms with Crippen molar-refractivity contribution in [2.24, 2.45) is 11.8 Å². The fourth-order valence-electron chi connectivity index (χ4n) is 5.11. The predicted octanol–water partition coefficient (Wildman–Crippen LogP) is 3.69. The van der Waals surface area contributed by atoms with E-state index < -0.39 is 54.3 Å². The quantitative estimate of drug-likeness (QED) is 0.222. The van der Waals surface area contributed by atoms with E-state index in [1.807, 2.05) is 84.9 Å². The number of carbonyl (C=O) groups excluding carboxylic acids is 4. The second-order valence-corrected chi connectivity index (χ2v) is 11.2. The van der Waals surface area contributed by atoms with E-state index in [9.17, 15) is 24.3 Å². The summed E-state index contributed by atoms with van der Waals surface area (Å²) in [7, 11) is 0. The Kier molecular flexibility index (Phi) is 12.9. The van der Waals surface area contributed by atoms with Crippen LogP contribution in [0.4, 0.5) is 0 Å². The lowest BCUT2D eigenvalue weighted by Gasteiger charge is -2.24. The van der Waals surface area contributed by atoms with E-state index in [0.29, 0.717) is 19.3 Å². The molecule has 0 aliphatic carbocycles. The number of hydrogen-bond donors (Lipinski definition) is 3. The number of hydrogen-bond acceptors (Lipinski definition) is 7. The van der Waals surface area contributed by atoms with Gasteiger partial charge in [0, 0.05) is 6.42 Å². The standard InChI is InChI=1S/C36H40N2O7/c39-23-31(21-27-14-6-2-7-15-27)37-33(40)22-29-18-10-11-19-30(20-26-12-4-1-5-13-26)35(42)45-25-32(38-34(29)41)36(43)44-24-28-16-8-3-9-17-28/h1-17,29-32,39H,18-25H2,(H,37,40)(H,38,41)/t29-,30-,31-,32-/m1/s1. The molecule has 1 heterocycles. The van der Waals surface area contributed by atoms with Crippen LogP contribution >= 0.6 is 0 Å². The van der Waals surface area contributed by atoms with Gasteiger partial charge in [-0.1, -0.05) is 103 Å². The van der Waals surface area contributed by atoms with Gasteiger partial charge in [0.2, 0.25) is 11.8 Å². The maximum absolute atomic E-state index is 13.5. The molecule has 0 saturated carbocycles. The molecule has 1 aliphatic rings. The van der Waals surface area contributed by atoms with E-state index in [-0.39, 0.29) is 26.1 Å². The van der Waals surface area contributed by atoms with E-state index in [1.54, 1.807) is 18.2 Å². The van der Waals surface area contributed by atoms with Crippen molar-refractivity contribution in [2.75, 3.05) is 13.2 Å². The van der Waals surface area contributed by atoms with Gasteiger partial charge in [-0.2, -0.15) is 0 Å². The molecule has 4 rings (SSSR count). The minimum absolute atomic E-state index is 0.0187. The maximum Gasteiger partial charge on any atom is 0.332 e. The first-order valence-corrected chi connectivity index (χ1v) is 15.2. The van der Waals surface area contributed by atoms with Crippen LogP contribution in [0.15, 0.2) is 103 Å². The number of rotatable bonds is 11. The maximum atomic E-state index is 13.5. The van der Waals surface area contributed by atoms with Crippen LogP contribution < -0.4 is 10.6 Å². The van der Waals surface area contributed by atoms with Crippen molar-refractivity contribution in [2.45, 2.75) is 50.8 Å². The third-order valence-electron chi connectivity index (χ3n) is 7.60. The zero-order valence-corrected chi connectivity index (χ0v) is 25.2. The van der Waals surface area contributed by atoms with Gasteiger partial charge in [0.15, 0.2) is 6.04 Å². The summed E-state index contributed by atoms with van der Waals surface area (Å²) in [6, 6.07) is 26.4. The first kappa shape index (κ1) is 33.1. The first-order valence-electron chi connectivity index (χ1n) is 15.2. The van der Waals surface area contributed by atoms with Crippen LogP contribution in [0.5, 0.6) is 0 Å². The summed E-state index contributed by atoms with van der Waals surface area (Å²) < 4.78 is 11.1. The molecule has 2 amide bonds. The highest BCUT2D eigenvalue weighted by Gasteiger charge is 2.31. The van der Waals surface area contributed by atoms with Crippen molar-refractivity contribution < 1.29 is 33.8 Å². The van der Waals surface area contributed by atoms with Crippen molar-refractivity contribution in [1.29, 1.82) is 0 Å². The Morgan fingerprint density at radius 1 is 0.844 bits per heavy atom. The van der Waals surface area contributed by atoms with Crippen molar-refractivity contribution in [3.8, 4) is 0 Å². The molecule has 4 atom stereocenters. The number of allylic oxidation sites excluding steroid dienone is 2. The first-order chi connectivity index (χ1) is 21.9. The van der Waals surface area contributed by atoms with E-state index in [2.05, 4.69) is 10.6 Å². The predicted molar refractivity (Wildman–Crippen MR) is 168 cm³/mol. The summed E-state index contributed by atoms with van der Waals surface area (Å²) >= 11 is 0. The number of aliphatic hydroxyl groups excluding tert-OH is 1. The summed E-state index contributed by atoms with van der Waals surface area (Å²) in [5, 5.41) is 15.4. The Morgan fingerprint density at radius 3 is 2.04 bits per heavy atom. The van der Waals surface area contributed by atoms with E-state index >= 15 is 0 Å². The fraction of sp³-hybridized carbons (Fsp3) is 0.333. The third kappa shape index (κ3) is 11.0. The zero-order chi connectivity index (χ0) is 31.9. The Labute approximate surface area is 263 Å². The lowest BCUT2D eigenvalue weighted by atomic mass is 9.94. The van der Waals surface area contributed by atoms with Gasteiger partial charge in [-0.05, 0) is 42.4 Å². The molecular weight excluding hydrogens is 572 g/mol. The molecule has 1 aliphatic heterocycles. The highest BCUT2D eigenvalue weighted by Crippen LogP contribution is 2.19. The fourth-order valence-corrected chi connectivity index (χ4v) is 5.11. The lowest BCUT2D eigenvalue weighted by Crippen LogP contribution is -2.49. The van der Waals surface area contributed by atoms with Crippen LogP contribution in [0.1, 0.15) is 36.0 Å². The lowest BCUT2D eigenvalue weighted by molar-refractivity contribution is -0.157. The molecule has 0 unspecified atom stereocenters. The second kappa shape index (κ2) is 17.5. The van der Waals surface area contributed by atoms with Crippen molar-refractivity contribution >= 4 is 23.8 Å². The van der Waals surface area contributed by atoms with Gasteiger partial charge in [-0.25, -0.2) is 4.79 Å². The van der Waals surface area contributed by atoms with Crippen LogP contribution in [0.2, 0.25) is 0 Å². The molecule has 236 valence electrons. The number of nitrogens with one attached hydrogen (secondary N) is 2. The summed E-state index contributed by atoms with van der Waals surface area (Å²) in [5.41, 5.74) is 2.69. The molecule has 0 aromatic heterocycles. The monoisotopic (exact) mass is 612 g/mol. The number of amides is 2. The van der Waals surface area contributed by atoms with Crippen LogP contribution in [0, 0.1) is 11.8 Å². The van der Waals surface area contributed by atoms with Gasteiger partial charge in [0.05, 0.1) is 24.5 Å². The minimum Gasteiger partial charge on any atom is -0.463 e. The van der Waals surface area contributed by atoms with Gasteiger partial charge in [0.25, 0.3) is 0 Å². The topological polar surface area (TPSA) is 131 Å². The van der Waals surface area contributed by atoms with Gasteiger partial charge >= 0.3 is 11.9 Å².